The van der Waals surface area contributed by atoms with Crippen molar-refractivity contribution < 1.29 is 5.11 Å². The zero-order chi connectivity index (χ0) is 11.0. The molecule has 0 amide bonds. The van der Waals surface area contributed by atoms with Crippen LogP contribution in [0.2, 0.25) is 0 Å². The molecule has 14 heavy (non-hydrogen) atoms. The molecule has 86 valence electrons. The van der Waals surface area contributed by atoms with Gasteiger partial charge >= 0.3 is 0 Å². The van der Waals surface area contributed by atoms with Crippen molar-refractivity contribution in [3.05, 3.63) is 0 Å². The molecule has 0 aliphatic rings. The number of nitrogens with zero attached hydrogens (tertiary/aromatic N) is 1. The second-order valence-electron chi connectivity index (χ2n) is 4.25. The lowest BCUT2D eigenvalue weighted by atomic mass is 9.94. The Kier molecular flexibility index (Phi) is 8.20. The van der Waals surface area contributed by atoms with Gasteiger partial charge in [0.1, 0.15) is 0 Å². The van der Waals surface area contributed by atoms with E-state index in [1.165, 1.54) is 19.3 Å². The van der Waals surface area contributed by atoms with Crippen LogP contribution in [0.4, 0.5) is 0 Å². The second-order valence-corrected chi connectivity index (χ2v) is 4.25. The predicted octanol–water partition coefficient (Wildman–Crippen LogP) is 2.52. The van der Waals surface area contributed by atoms with E-state index in [1.807, 2.05) is 0 Å². The highest BCUT2D eigenvalue weighted by atomic mass is 16.3. The Balaban J connectivity index is 3.85. The smallest absolute Gasteiger partial charge is 0.0474 e. The predicted molar refractivity (Wildman–Crippen MR) is 62.5 cm³/mol. The molecule has 1 N–H and O–H groups in total. The fourth-order valence-electron chi connectivity index (χ4n) is 1.79. The molecule has 2 unspecified atom stereocenters. The lowest BCUT2D eigenvalue weighted by Gasteiger charge is -2.30. The third-order valence-electron chi connectivity index (χ3n) is 3.29. The number of aliphatic hydroxyl groups is 1. The normalized spacial score (nSPS) is 15.9. The van der Waals surface area contributed by atoms with Crippen molar-refractivity contribution in [2.75, 3.05) is 20.2 Å². The van der Waals surface area contributed by atoms with Crippen LogP contribution in [-0.2, 0) is 0 Å². The topological polar surface area (TPSA) is 23.5 Å². The summed E-state index contributed by atoms with van der Waals surface area (Å²) in [6.45, 7) is 7.99. The molecule has 0 bridgehead atoms. The maximum Gasteiger partial charge on any atom is 0.0474 e. The van der Waals surface area contributed by atoms with Crippen LogP contribution in [0.1, 0.15) is 46.5 Å². The number of hydrogen-bond acceptors (Lipinski definition) is 2. The first-order valence-corrected chi connectivity index (χ1v) is 5.98. The summed E-state index contributed by atoms with van der Waals surface area (Å²) < 4.78 is 0. The summed E-state index contributed by atoms with van der Waals surface area (Å²) in [6.07, 6.45) is 4.97. The highest BCUT2D eigenvalue weighted by Crippen LogP contribution is 2.16. The Morgan fingerprint density at radius 2 is 1.86 bits per heavy atom. The van der Waals surface area contributed by atoms with Crippen molar-refractivity contribution in [2.24, 2.45) is 5.92 Å². The molecule has 2 atom stereocenters. The monoisotopic (exact) mass is 201 g/mol. The molecule has 0 heterocycles. The minimum Gasteiger partial charge on any atom is -0.396 e. The van der Waals surface area contributed by atoms with Crippen LogP contribution in [0, 0.1) is 5.92 Å². The average Bonchev–Trinajstić information content (AvgIpc) is 2.22. The highest BCUT2D eigenvalue weighted by molar-refractivity contribution is 4.72. The Labute approximate surface area is 89.3 Å². The summed E-state index contributed by atoms with van der Waals surface area (Å²) in [4.78, 5) is 2.31. The summed E-state index contributed by atoms with van der Waals surface area (Å²) in [5, 5.41) is 9.31. The van der Waals surface area contributed by atoms with E-state index in [0.717, 1.165) is 13.0 Å². The number of hydrogen-bond donors (Lipinski definition) is 1. The molecular weight excluding hydrogens is 174 g/mol. The van der Waals surface area contributed by atoms with Crippen LogP contribution in [0.5, 0.6) is 0 Å². The van der Waals surface area contributed by atoms with E-state index in [1.54, 1.807) is 0 Å². The molecule has 0 aromatic carbocycles. The largest absolute Gasteiger partial charge is 0.396 e. The van der Waals surface area contributed by atoms with Crippen molar-refractivity contribution >= 4 is 0 Å². The summed E-state index contributed by atoms with van der Waals surface area (Å²) in [5.74, 6) is 0.450. The van der Waals surface area contributed by atoms with Crippen LogP contribution in [0.15, 0.2) is 0 Å². The van der Waals surface area contributed by atoms with Crippen molar-refractivity contribution in [1.29, 1.82) is 0 Å². The zero-order valence-corrected chi connectivity index (χ0v) is 10.3. The van der Waals surface area contributed by atoms with Gasteiger partial charge in [-0.25, -0.2) is 0 Å². The van der Waals surface area contributed by atoms with E-state index < -0.39 is 0 Å². The van der Waals surface area contributed by atoms with Crippen molar-refractivity contribution in [1.82, 2.24) is 4.90 Å². The standard InChI is InChI=1S/C12H27NO/c1-5-7-8-9-12(10-14)11(3)13(4)6-2/h11-12,14H,5-10H2,1-4H3. The molecule has 0 saturated heterocycles. The molecule has 0 aliphatic heterocycles. The first-order chi connectivity index (χ1) is 6.67. The molecule has 0 aromatic heterocycles. The van der Waals surface area contributed by atoms with Crippen molar-refractivity contribution in [2.45, 2.75) is 52.5 Å². The van der Waals surface area contributed by atoms with Gasteiger partial charge in [0, 0.05) is 12.6 Å². The van der Waals surface area contributed by atoms with Gasteiger partial charge in [0.2, 0.25) is 0 Å². The van der Waals surface area contributed by atoms with E-state index in [2.05, 4.69) is 32.7 Å². The van der Waals surface area contributed by atoms with E-state index in [0.29, 0.717) is 18.6 Å². The maximum absolute atomic E-state index is 9.31. The lowest BCUT2D eigenvalue weighted by Crippen LogP contribution is -2.37. The fraction of sp³-hybridized carbons (Fsp3) is 1.00. The molecule has 0 radical (unpaired) electrons. The van der Waals surface area contributed by atoms with Gasteiger partial charge in [0.05, 0.1) is 0 Å². The Morgan fingerprint density at radius 3 is 2.29 bits per heavy atom. The third kappa shape index (κ3) is 4.97. The Morgan fingerprint density at radius 1 is 1.21 bits per heavy atom. The molecule has 0 aromatic rings. The summed E-state index contributed by atoms with van der Waals surface area (Å²) in [6, 6.07) is 0.502. The maximum atomic E-state index is 9.31. The minimum atomic E-state index is 0.329. The van der Waals surface area contributed by atoms with E-state index in [-0.39, 0.29) is 0 Å². The SMILES string of the molecule is CCCCCC(CO)C(C)N(C)CC. The van der Waals surface area contributed by atoms with E-state index >= 15 is 0 Å². The molecule has 0 spiro atoms. The van der Waals surface area contributed by atoms with Crippen LogP contribution >= 0.6 is 0 Å². The third-order valence-corrected chi connectivity index (χ3v) is 3.29. The van der Waals surface area contributed by atoms with Gasteiger partial charge in [-0.3, -0.25) is 0 Å². The van der Waals surface area contributed by atoms with Gasteiger partial charge in [-0.2, -0.15) is 0 Å². The number of unbranched alkanes of at least 4 members (excludes halogenated alkanes) is 2. The summed E-state index contributed by atoms with van der Waals surface area (Å²) in [7, 11) is 2.13. The van der Waals surface area contributed by atoms with E-state index in [9.17, 15) is 5.11 Å². The Bertz CT molecular complexity index is 127. The van der Waals surface area contributed by atoms with Gasteiger partial charge in [0.25, 0.3) is 0 Å². The molecule has 0 saturated carbocycles. The van der Waals surface area contributed by atoms with Crippen molar-refractivity contribution in [3.63, 3.8) is 0 Å². The van der Waals surface area contributed by atoms with Gasteiger partial charge in [0.15, 0.2) is 0 Å². The van der Waals surface area contributed by atoms with Crippen LogP contribution in [0.25, 0.3) is 0 Å². The molecule has 2 heteroatoms. The first-order valence-electron chi connectivity index (χ1n) is 5.98. The van der Waals surface area contributed by atoms with Gasteiger partial charge in [-0.15, -0.1) is 0 Å². The molecule has 2 nitrogen and oxygen atoms in total. The second kappa shape index (κ2) is 8.25. The minimum absolute atomic E-state index is 0.329. The van der Waals surface area contributed by atoms with Crippen LogP contribution in [-0.4, -0.2) is 36.2 Å². The van der Waals surface area contributed by atoms with Crippen LogP contribution in [0.3, 0.4) is 0 Å². The quantitative estimate of drug-likeness (QED) is 0.610. The lowest BCUT2D eigenvalue weighted by molar-refractivity contribution is 0.122. The van der Waals surface area contributed by atoms with Gasteiger partial charge < -0.3 is 10.0 Å². The van der Waals surface area contributed by atoms with Gasteiger partial charge in [-0.1, -0.05) is 33.1 Å². The molecule has 0 aliphatic carbocycles. The first kappa shape index (κ1) is 13.9. The molecular formula is C12H27NO. The van der Waals surface area contributed by atoms with E-state index in [4.69, 9.17) is 0 Å². The highest BCUT2D eigenvalue weighted by Gasteiger charge is 2.18. The fourth-order valence-corrected chi connectivity index (χ4v) is 1.79. The molecule has 0 rings (SSSR count). The average molecular weight is 201 g/mol. The number of rotatable bonds is 8. The molecule has 0 fully saturated rings. The van der Waals surface area contributed by atoms with Gasteiger partial charge in [-0.05, 0) is 32.9 Å². The zero-order valence-electron chi connectivity index (χ0n) is 10.3. The summed E-state index contributed by atoms with van der Waals surface area (Å²) in [5.41, 5.74) is 0. The Hall–Kier alpha value is -0.0800. The van der Waals surface area contributed by atoms with Crippen molar-refractivity contribution in [3.8, 4) is 0 Å². The van der Waals surface area contributed by atoms with Crippen LogP contribution < -0.4 is 0 Å². The number of aliphatic hydroxyl groups excluding tert-OH is 1. The summed E-state index contributed by atoms with van der Waals surface area (Å²) >= 11 is 0.